The van der Waals surface area contributed by atoms with Crippen LogP contribution in [-0.4, -0.2) is 9.78 Å². The molecule has 16 heavy (non-hydrogen) atoms. The van der Waals surface area contributed by atoms with Crippen LogP contribution in [-0.2, 0) is 7.05 Å². The minimum Gasteiger partial charge on any atom is -0.319 e. The van der Waals surface area contributed by atoms with Crippen molar-refractivity contribution in [2.75, 3.05) is 0 Å². The number of benzene rings is 1. The van der Waals surface area contributed by atoms with Crippen LogP contribution < -0.4 is 5.73 Å². The largest absolute Gasteiger partial charge is 0.319 e. The van der Waals surface area contributed by atoms with Gasteiger partial charge in [0, 0.05) is 22.7 Å². The summed E-state index contributed by atoms with van der Waals surface area (Å²) >= 11 is 9.33. The molecule has 0 aliphatic rings. The predicted octanol–water partition coefficient (Wildman–Crippen LogP) is 2.88. The van der Waals surface area contributed by atoms with Crippen LogP contribution >= 0.6 is 27.5 Å². The Kier molecular flexibility index (Phi) is 3.33. The molecule has 2 N–H and O–H groups in total. The van der Waals surface area contributed by atoms with E-state index in [1.54, 1.807) is 4.68 Å². The Labute approximate surface area is 107 Å². The van der Waals surface area contributed by atoms with Crippen LogP contribution in [0.25, 0.3) is 0 Å². The van der Waals surface area contributed by atoms with Gasteiger partial charge in [-0.05, 0) is 23.8 Å². The van der Waals surface area contributed by atoms with Gasteiger partial charge in [-0.1, -0.05) is 33.6 Å². The Morgan fingerprint density at radius 3 is 2.75 bits per heavy atom. The Hall–Kier alpha value is -0.840. The van der Waals surface area contributed by atoms with E-state index in [0.29, 0.717) is 5.02 Å². The first kappa shape index (κ1) is 11.6. The van der Waals surface area contributed by atoms with Crippen LogP contribution in [0.2, 0.25) is 5.02 Å². The van der Waals surface area contributed by atoms with E-state index in [9.17, 15) is 0 Å². The number of aromatic nitrogens is 2. The Morgan fingerprint density at radius 1 is 1.44 bits per heavy atom. The summed E-state index contributed by atoms with van der Waals surface area (Å²) in [6.07, 6.45) is 1.87. The van der Waals surface area contributed by atoms with Crippen LogP contribution in [0, 0.1) is 0 Å². The third-order valence-corrected chi connectivity index (χ3v) is 3.27. The van der Waals surface area contributed by atoms with Gasteiger partial charge in [-0.15, -0.1) is 0 Å². The van der Waals surface area contributed by atoms with Gasteiger partial charge < -0.3 is 5.73 Å². The lowest BCUT2D eigenvalue weighted by molar-refractivity contribution is 0.715. The smallest absolute Gasteiger partial charge is 0.0837 e. The van der Waals surface area contributed by atoms with Crippen molar-refractivity contribution in [1.82, 2.24) is 9.78 Å². The SMILES string of the molecule is Cn1ccc(C(N)c2ccc(Cl)cc2Br)n1. The highest BCUT2D eigenvalue weighted by Gasteiger charge is 2.14. The molecule has 5 heteroatoms. The minimum atomic E-state index is -0.243. The molecule has 0 spiro atoms. The minimum absolute atomic E-state index is 0.243. The molecule has 1 unspecified atom stereocenters. The molecule has 0 aliphatic carbocycles. The standard InChI is InChI=1S/C11H11BrClN3/c1-16-5-4-10(15-16)11(14)8-3-2-7(13)6-9(8)12/h2-6,11H,14H2,1H3. The summed E-state index contributed by atoms with van der Waals surface area (Å²) in [5.74, 6) is 0. The molecule has 0 fully saturated rings. The van der Waals surface area contributed by atoms with E-state index >= 15 is 0 Å². The highest BCUT2D eigenvalue weighted by Crippen LogP contribution is 2.28. The van der Waals surface area contributed by atoms with E-state index < -0.39 is 0 Å². The fourth-order valence-electron chi connectivity index (χ4n) is 1.51. The van der Waals surface area contributed by atoms with Crippen molar-refractivity contribution in [3.8, 4) is 0 Å². The van der Waals surface area contributed by atoms with Crippen LogP contribution in [0.15, 0.2) is 34.9 Å². The molecule has 2 aromatic rings. The fraction of sp³-hybridized carbons (Fsp3) is 0.182. The van der Waals surface area contributed by atoms with Gasteiger partial charge >= 0.3 is 0 Å². The molecule has 1 aromatic carbocycles. The van der Waals surface area contributed by atoms with Gasteiger partial charge in [0.05, 0.1) is 11.7 Å². The van der Waals surface area contributed by atoms with Crippen molar-refractivity contribution in [3.05, 3.63) is 51.2 Å². The molecule has 1 aromatic heterocycles. The van der Waals surface area contributed by atoms with Gasteiger partial charge in [0.25, 0.3) is 0 Å². The number of hydrogen-bond donors (Lipinski definition) is 1. The zero-order valence-electron chi connectivity index (χ0n) is 8.69. The first-order valence-electron chi connectivity index (χ1n) is 4.78. The highest BCUT2D eigenvalue weighted by atomic mass is 79.9. The van der Waals surface area contributed by atoms with E-state index in [2.05, 4.69) is 21.0 Å². The third-order valence-electron chi connectivity index (χ3n) is 2.35. The molecule has 0 saturated heterocycles. The molecular formula is C11H11BrClN3. The van der Waals surface area contributed by atoms with Crippen molar-refractivity contribution in [2.24, 2.45) is 12.8 Å². The van der Waals surface area contributed by atoms with E-state index in [1.165, 1.54) is 0 Å². The zero-order chi connectivity index (χ0) is 11.7. The summed E-state index contributed by atoms with van der Waals surface area (Å²) in [4.78, 5) is 0. The maximum absolute atomic E-state index is 6.13. The first-order chi connectivity index (χ1) is 7.58. The van der Waals surface area contributed by atoms with E-state index in [0.717, 1.165) is 15.7 Å². The molecule has 1 heterocycles. The fourth-order valence-corrected chi connectivity index (χ4v) is 2.44. The average Bonchev–Trinajstić information content (AvgIpc) is 2.64. The van der Waals surface area contributed by atoms with Gasteiger partial charge in [0.2, 0.25) is 0 Å². The summed E-state index contributed by atoms with van der Waals surface area (Å²) in [7, 11) is 1.87. The Balaban J connectivity index is 2.37. The molecular weight excluding hydrogens is 289 g/mol. The Morgan fingerprint density at radius 2 is 2.19 bits per heavy atom. The maximum Gasteiger partial charge on any atom is 0.0837 e. The Bertz CT molecular complexity index is 510. The lowest BCUT2D eigenvalue weighted by atomic mass is 10.1. The van der Waals surface area contributed by atoms with Crippen molar-refractivity contribution in [1.29, 1.82) is 0 Å². The van der Waals surface area contributed by atoms with Gasteiger partial charge in [-0.25, -0.2) is 0 Å². The normalized spacial score (nSPS) is 12.8. The van der Waals surface area contributed by atoms with Crippen molar-refractivity contribution >= 4 is 27.5 Å². The number of nitrogens with two attached hydrogens (primary N) is 1. The first-order valence-corrected chi connectivity index (χ1v) is 5.95. The van der Waals surface area contributed by atoms with Crippen LogP contribution in [0.3, 0.4) is 0 Å². The zero-order valence-corrected chi connectivity index (χ0v) is 11.0. The number of hydrogen-bond acceptors (Lipinski definition) is 2. The second kappa shape index (κ2) is 4.57. The maximum atomic E-state index is 6.13. The van der Waals surface area contributed by atoms with Gasteiger partial charge in [-0.2, -0.15) is 5.10 Å². The third kappa shape index (κ3) is 2.29. The highest BCUT2D eigenvalue weighted by molar-refractivity contribution is 9.10. The summed E-state index contributed by atoms with van der Waals surface area (Å²) in [5, 5.41) is 4.97. The van der Waals surface area contributed by atoms with Gasteiger partial charge in [0.1, 0.15) is 0 Å². The lowest BCUT2D eigenvalue weighted by Gasteiger charge is -2.11. The predicted molar refractivity (Wildman–Crippen MR) is 68.4 cm³/mol. The molecule has 0 radical (unpaired) electrons. The summed E-state index contributed by atoms with van der Waals surface area (Å²) in [6, 6.07) is 7.23. The average molecular weight is 301 g/mol. The molecule has 84 valence electrons. The molecule has 0 aliphatic heterocycles. The van der Waals surface area contributed by atoms with Crippen molar-refractivity contribution in [3.63, 3.8) is 0 Å². The second-order valence-electron chi connectivity index (χ2n) is 3.56. The van der Waals surface area contributed by atoms with Crippen LogP contribution in [0.5, 0.6) is 0 Å². The molecule has 3 nitrogen and oxygen atoms in total. The monoisotopic (exact) mass is 299 g/mol. The molecule has 1 atom stereocenters. The molecule has 2 rings (SSSR count). The van der Waals surface area contributed by atoms with E-state index in [1.807, 2.05) is 37.5 Å². The van der Waals surface area contributed by atoms with Crippen LogP contribution in [0.4, 0.5) is 0 Å². The summed E-state index contributed by atoms with van der Waals surface area (Å²) in [6.45, 7) is 0. The lowest BCUT2D eigenvalue weighted by Crippen LogP contribution is -2.13. The van der Waals surface area contributed by atoms with Gasteiger partial charge in [0.15, 0.2) is 0 Å². The van der Waals surface area contributed by atoms with Crippen LogP contribution in [0.1, 0.15) is 17.3 Å². The van der Waals surface area contributed by atoms with Gasteiger partial charge in [-0.3, -0.25) is 4.68 Å². The summed E-state index contributed by atoms with van der Waals surface area (Å²) in [5.41, 5.74) is 7.95. The number of halogens is 2. The molecule has 0 bridgehead atoms. The summed E-state index contributed by atoms with van der Waals surface area (Å²) < 4.78 is 2.64. The topological polar surface area (TPSA) is 43.8 Å². The number of rotatable bonds is 2. The van der Waals surface area contributed by atoms with E-state index in [-0.39, 0.29) is 6.04 Å². The molecule has 0 amide bonds. The second-order valence-corrected chi connectivity index (χ2v) is 4.85. The number of nitrogens with zero attached hydrogens (tertiary/aromatic N) is 2. The number of aryl methyl sites for hydroxylation is 1. The van der Waals surface area contributed by atoms with E-state index in [4.69, 9.17) is 17.3 Å². The molecule has 0 saturated carbocycles. The van der Waals surface area contributed by atoms with Crippen molar-refractivity contribution in [2.45, 2.75) is 6.04 Å². The quantitative estimate of drug-likeness (QED) is 0.927. The van der Waals surface area contributed by atoms with Crippen molar-refractivity contribution < 1.29 is 0 Å².